The zero-order valence-electron chi connectivity index (χ0n) is 14.3. The van der Waals surface area contributed by atoms with Gasteiger partial charge >= 0.3 is 6.09 Å². The molecule has 2 atom stereocenters. The van der Waals surface area contributed by atoms with E-state index < -0.39 is 35.9 Å². The SMILES string of the molecule is NC(=O)[C@H]1CCCN1C(=O)[C@H]1CCC(=O)N1C(=O)OCc1ccccc1. The molecule has 2 aliphatic heterocycles. The van der Waals surface area contributed by atoms with Gasteiger partial charge in [-0.2, -0.15) is 0 Å². The maximum atomic E-state index is 12.8. The highest BCUT2D eigenvalue weighted by molar-refractivity contribution is 6.01. The molecule has 26 heavy (non-hydrogen) atoms. The Hall–Kier alpha value is -2.90. The van der Waals surface area contributed by atoms with Gasteiger partial charge in [-0.05, 0) is 24.8 Å². The molecule has 2 fully saturated rings. The van der Waals surface area contributed by atoms with Gasteiger partial charge in [-0.25, -0.2) is 9.69 Å². The first-order valence-electron chi connectivity index (χ1n) is 8.61. The molecule has 2 aliphatic rings. The molecule has 0 spiro atoms. The molecule has 2 N–H and O–H groups in total. The van der Waals surface area contributed by atoms with Gasteiger partial charge in [-0.3, -0.25) is 14.4 Å². The van der Waals surface area contributed by atoms with Crippen molar-refractivity contribution in [1.82, 2.24) is 9.80 Å². The van der Waals surface area contributed by atoms with Gasteiger partial charge in [0.2, 0.25) is 17.7 Å². The van der Waals surface area contributed by atoms with E-state index in [1.165, 1.54) is 4.90 Å². The molecule has 1 aromatic carbocycles. The van der Waals surface area contributed by atoms with Gasteiger partial charge in [0, 0.05) is 13.0 Å². The molecule has 2 saturated heterocycles. The quantitative estimate of drug-likeness (QED) is 0.855. The molecule has 0 aromatic heterocycles. The fraction of sp³-hybridized carbons (Fsp3) is 0.444. The first-order chi connectivity index (χ1) is 12.5. The van der Waals surface area contributed by atoms with Crippen LogP contribution in [0.5, 0.6) is 0 Å². The van der Waals surface area contributed by atoms with E-state index in [-0.39, 0.29) is 19.4 Å². The van der Waals surface area contributed by atoms with Crippen LogP contribution in [0.4, 0.5) is 4.79 Å². The minimum atomic E-state index is -0.939. The second-order valence-electron chi connectivity index (χ2n) is 6.45. The van der Waals surface area contributed by atoms with Crippen LogP contribution in [0.3, 0.4) is 0 Å². The van der Waals surface area contributed by atoms with Crippen molar-refractivity contribution in [2.75, 3.05) is 6.54 Å². The summed E-state index contributed by atoms with van der Waals surface area (Å²) in [6, 6.07) is 7.44. The molecule has 1 aromatic rings. The van der Waals surface area contributed by atoms with E-state index in [1.807, 2.05) is 18.2 Å². The van der Waals surface area contributed by atoms with Crippen LogP contribution in [0.1, 0.15) is 31.2 Å². The van der Waals surface area contributed by atoms with Crippen LogP contribution < -0.4 is 5.73 Å². The maximum absolute atomic E-state index is 12.8. The number of hydrogen-bond donors (Lipinski definition) is 1. The number of carbonyl (C=O) groups is 4. The van der Waals surface area contributed by atoms with E-state index in [4.69, 9.17) is 10.5 Å². The van der Waals surface area contributed by atoms with Gasteiger partial charge in [0.25, 0.3) is 0 Å². The maximum Gasteiger partial charge on any atom is 0.417 e. The number of hydrogen-bond acceptors (Lipinski definition) is 5. The average molecular weight is 359 g/mol. The first-order valence-corrected chi connectivity index (χ1v) is 8.61. The Kier molecular flexibility index (Phi) is 5.20. The van der Waals surface area contributed by atoms with E-state index >= 15 is 0 Å². The number of nitrogens with zero attached hydrogens (tertiary/aromatic N) is 2. The van der Waals surface area contributed by atoms with E-state index in [1.54, 1.807) is 12.1 Å². The highest BCUT2D eigenvalue weighted by Gasteiger charge is 2.45. The van der Waals surface area contributed by atoms with Crippen molar-refractivity contribution >= 4 is 23.8 Å². The number of rotatable bonds is 4. The van der Waals surface area contributed by atoms with Crippen molar-refractivity contribution in [3.8, 4) is 0 Å². The van der Waals surface area contributed by atoms with Crippen molar-refractivity contribution in [1.29, 1.82) is 0 Å². The van der Waals surface area contributed by atoms with Gasteiger partial charge in [-0.1, -0.05) is 30.3 Å². The molecule has 0 saturated carbocycles. The van der Waals surface area contributed by atoms with Crippen LogP contribution in [0.15, 0.2) is 30.3 Å². The lowest BCUT2D eigenvalue weighted by Crippen LogP contribution is -2.53. The van der Waals surface area contributed by atoms with E-state index in [9.17, 15) is 19.2 Å². The first kappa shape index (κ1) is 17.9. The molecule has 0 bridgehead atoms. The fourth-order valence-corrected chi connectivity index (χ4v) is 3.45. The molecule has 4 amide bonds. The number of amides is 4. The Labute approximate surface area is 150 Å². The van der Waals surface area contributed by atoms with E-state index in [0.717, 1.165) is 10.5 Å². The number of benzene rings is 1. The third kappa shape index (κ3) is 3.54. The minimum Gasteiger partial charge on any atom is -0.444 e. The Morgan fingerprint density at radius 2 is 1.85 bits per heavy atom. The summed E-state index contributed by atoms with van der Waals surface area (Å²) < 4.78 is 5.20. The Balaban J connectivity index is 1.69. The smallest absolute Gasteiger partial charge is 0.417 e. The minimum absolute atomic E-state index is 0.0119. The molecule has 8 nitrogen and oxygen atoms in total. The summed E-state index contributed by atoms with van der Waals surface area (Å²) in [4.78, 5) is 51.1. The second kappa shape index (κ2) is 7.55. The number of carbonyl (C=O) groups excluding carboxylic acids is 4. The summed E-state index contributed by atoms with van der Waals surface area (Å²) in [6.45, 7) is 0.405. The van der Waals surface area contributed by atoms with E-state index in [2.05, 4.69) is 0 Å². The number of primary amides is 1. The standard InChI is InChI=1S/C18H21N3O5/c19-16(23)13-7-4-10-20(13)17(24)14-8-9-15(22)21(14)18(25)26-11-12-5-2-1-3-6-12/h1-3,5-6,13-14H,4,7-11H2,(H2,19,23)/t13-,14-/m1/s1. The second-order valence-corrected chi connectivity index (χ2v) is 6.45. The molecular formula is C18H21N3O5. The molecule has 0 unspecified atom stereocenters. The van der Waals surface area contributed by atoms with Crippen molar-refractivity contribution in [2.24, 2.45) is 5.73 Å². The summed E-state index contributed by atoms with van der Waals surface area (Å²) in [5.74, 6) is -1.44. The van der Waals surface area contributed by atoms with Crippen molar-refractivity contribution < 1.29 is 23.9 Å². The van der Waals surface area contributed by atoms with Gasteiger partial charge in [0.15, 0.2) is 0 Å². The largest absolute Gasteiger partial charge is 0.444 e. The monoisotopic (exact) mass is 359 g/mol. The third-order valence-electron chi connectivity index (χ3n) is 4.76. The number of ether oxygens (including phenoxy) is 1. The van der Waals surface area contributed by atoms with Crippen LogP contribution in [0, 0.1) is 0 Å². The Bertz CT molecular complexity index is 721. The molecule has 138 valence electrons. The highest BCUT2D eigenvalue weighted by atomic mass is 16.6. The molecule has 0 radical (unpaired) electrons. The number of nitrogens with two attached hydrogens (primary N) is 1. The summed E-state index contributed by atoms with van der Waals surface area (Å²) in [5.41, 5.74) is 6.13. The Morgan fingerprint density at radius 3 is 2.54 bits per heavy atom. The van der Waals surface area contributed by atoms with Gasteiger partial charge in [-0.15, -0.1) is 0 Å². The molecule has 3 rings (SSSR count). The van der Waals surface area contributed by atoms with Crippen LogP contribution >= 0.6 is 0 Å². The topological polar surface area (TPSA) is 110 Å². The van der Waals surface area contributed by atoms with Crippen molar-refractivity contribution in [3.05, 3.63) is 35.9 Å². The zero-order valence-corrected chi connectivity index (χ0v) is 14.3. The van der Waals surface area contributed by atoms with Crippen molar-refractivity contribution in [3.63, 3.8) is 0 Å². The fourth-order valence-electron chi connectivity index (χ4n) is 3.45. The number of likely N-dealkylation sites (tertiary alicyclic amines) is 2. The van der Waals surface area contributed by atoms with Gasteiger partial charge in [0.1, 0.15) is 18.7 Å². The van der Waals surface area contributed by atoms with Crippen LogP contribution in [-0.2, 0) is 25.7 Å². The van der Waals surface area contributed by atoms with E-state index in [0.29, 0.717) is 19.4 Å². The Morgan fingerprint density at radius 1 is 1.12 bits per heavy atom. The predicted molar refractivity (Wildman–Crippen MR) is 90.4 cm³/mol. The molecule has 8 heteroatoms. The summed E-state index contributed by atoms with van der Waals surface area (Å²) in [7, 11) is 0. The normalized spacial score (nSPS) is 22.5. The third-order valence-corrected chi connectivity index (χ3v) is 4.76. The van der Waals surface area contributed by atoms with Crippen molar-refractivity contribution in [2.45, 2.75) is 44.4 Å². The summed E-state index contributed by atoms with van der Waals surface area (Å²) in [6.07, 6.45) is 0.634. The lowest BCUT2D eigenvalue weighted by molar-refractivity contribution is -0.143. The summed E-state index contributed by atoms with van der Waals surface area (Å²) >= 11 is 0. The lowest BCUT2D eigenvalue weighted by Gasteiger charge is -2.28. The van der Waals surface area contributed by atoms with Crippen LogP contribution in [-0.4, -0.2) is 52.2 Å². The molecule has 2 heterocycles. The molecular weight excluding hydrogens is 338 g/mol. The number of imide groups is 1. The van der Waals surface area contributed by atoms with Gasteiger partial charge in [0.05, 0.1) is 0 Å². The molecule has 0 aliphatic carbocycles. The lowest BCUT2D eigenvalue weighted by atomic mass is 10.1. The average Bonchev–Trinajstić information content (AvgIpc) is 3.27. The summed E-state index contributed by atoms with van der Waals surface area (Å²) in [5, 5.41) is 0. The van der Waals surface area contributed by atoms with Crippen LogP contribution in [0.25, 0.3) is 0 Å². The predicted octanol–water partition coefficient (Wildman–Crippen LogP) is 0.790. The van der Waals surface area contributed by atoms with Gasteiger partial charge < -0.3 is 15.4 Å². The highest BCUT2D eigenvalue weighted by Crippen LogP contribution is 2.26. The zero-order chi connectivity index (χ0) is 18.7. The van der Waals surface area contributed by atoms with Crippen LogP contribution in [0.2, 0.25) is 0 Å².